The Balaban J connectivity index is 0.00000162. The van der Waals surface area contributed by atoms with E-state index in [9.17, 15) is 8.42 Å². The van der Waals surface area contributed by atoms with Crippen LogP contribution in [0, 0.1) is 0 Å². The van der Waals surface area contributed by atoms with Crippen molar-refractivity contribution in [1.82, 2.24) is 4.98 Å². The number of nitrogens with zero attached hydrogens (tertiary/aromatic N) is 1. The van der Waals surface area contributed by atoms with Gasteiger partial charge in [-0.2, -0.15) is 0 Å². The molecule has 4 nitrogen and oxygen atoms in total. The van der Waals surface area contributed by atoms with Gasteiger partial charge < -0.3 is 5.73 Å². The summed E-state index contributed by atoms with van der Waals surface area (Å²) in [5.41, 5.74) is 6.22. The van der Waals surface area contributed by atoms with E-state index in [4.69, 9.17) is 5.73 Å². The van der Waals surface area contributed by atoms with Crippen molar-refractivity contribution in [3.63, 3.8) is 0 Å². The first kappa shape index (κ1) is 18.3. The van der Waals surface area contributed by atoms with E-state index in [1.807, 2.05) is 0 Å². The first-order valence-corrected chi connectivity index (χ1v) is 7.46. The number of hydrogen-bond acceptors (Lipinski definition) is 5. The van der Waals surface area contributed by atoms with Crippen molar-refractivity contribution in [2.24, 2.45) is 5.73 Å². The second-order valence-electron chi connectivity index (χ2n) is 3.49. The molecule has 2 aromatic rings. The van der Waals surface area contributed by atoms with Gasteiger partial charge in [0.1, 0.15) is 9.46 Å². The minimum atomic E-state index is -3.41. The van der Waals surface area contributed by atoms with E-state index in [1.54, 1.807) is 42.0 Å². The van der Waals surface area contributed by atoms with Crippen molar-refractivity contribution < 1.29 is 8.42 Å². The summed E-state index contributed by atoms with van der Waals surface area (Å²) in [6, 6.07) is 6.75. The second-order valence-corrected chi connectivity index (χ2v) is 6.79. The maximum atomic E-state index is 12.3. The first-order chi connectivity index (χ1) is 8.16. The minimum absolute atomic E-state index is 0. The highest BCUT2D eigenvalue weighted by atomic mass is 35.5. The highest BCUT2D eigenvalue weighted by molar-refractivity contribution is 7.93. The van der Waals surface area contributed by atoms with Crippen LogP contribution in [0.5, 0.6) is 0 Å². The van der Waals surface area contributed by atoms with Crippen LogP contribution < -0.4 is 5.73 Å². The number of nitrogens with two attached hydrogens (primary N) is 1. The smallest absolute Gasteiger partial charge is 0.196 e. The molecular formula is C11H14Cl2N2O2S2. The fourth-order valence-electron chi connectivity index (χ4n) is 1.57. The Morgan fingerprint density at radius 1 is 1.26 bits per heavy atom. The van der Waals surface area contributed by atoms with Crippen molar-refractivity contribution in [2.75, 3.05) is 6.54 Å². The number of sulfone groups is 1. The van der Waals surface area contributed by atoms with Gasteiger partial charge in [0.25, 0.3) is 0 Å². The summed E-state index contributed by atoms with van der Waals surface area (Å²) in [6.07, 6.45) is 3.15. The third-order valence-electron chi connectivity index (χ3n) is 2.42. The van der Waals surface area contributed by atoms with Gasteiger partial charge in [0, 0.05) is 18.9 Å². The molecule has 1 atom stereocenters. The van der Waals surface area contributed by atoms with Gasteiger partial charge in [-0.1, -0.05) is 12.1 Å². The maximum Gasteiger partial charge on any atom is 0.196 e. The predicted molar refractivity (Wildman–Crippen MR) is 82.0 cm³/mol. The fraction of sp³-hybridized carbons (Fsp3) is 0.182. The number of hydrogen-bond donors (Lipinski definition) is 1. The maximum absolute atomic E-state index is 12.3. The highest BCUT2D eigenvalue weighted by Crippen LogP contribution is 2.30. The zero-order valence-electron chi connectivity index (χ0n) is 9.80. The number of halogens is 2. The average Bonchev–Trinajstić information content (AvgIpc) is 2.85. The quantitative estimate of drug-likeness (QED) is 0.927. The molecule has 0 bridgehead atoms. The third kappa shape index (κ3) is 3.90. The van der Waals surface area contributed by atoms with Crippen LogP contribution >= 0.6 is 36.2 Å². The van der Waals surface area contributed by atoms with E-state index >= 15 is 0 Å². The highest BCUT2D eigenvalue weighted by Gasteiger charge is 2.28. The molecule has 1 unspecified atom stereocenters. The molecular weight excluding hydrogens is 327 g/mol. The molecule has 0 amide bonds. The molecule has 0 aliphatic rings. The molecule has 0 saturated carbocycles. The van der Waals surface area contributed by atoms with E-state index < -0.39 is 15.1 Å². The zero-order chi connectivity index (χ0) is 12.3. The Hall–Kier alpha value is -0.660. The van der Waals surface area contributed by atoms with Crippen LogP contribution in [0.2, 0.25) is 0 Å². The van der Waals surface area contributed by atoms with Crippen molar-refractivity contribution >= 4 is 46.0 Å². The molecule has 0 radical (unpaired) electrons. The Labute approximate surface area is 128 Å². The van der Waals surface area contributed by atoms with Gasteiger partial charge in [0.2, 0.25) is 0 Å². The summed E-state index contributed by atoms with van der Waals surface area (Å²) >= 11 is 1.20. The van der Waals surface area contributed by atoms with Gasteiger partial charge in [-0.15, -0.1) is 36.2 Å². The van der Waals surface area contributed by atoms with E-state index in [1.165, 1.54) is 11.3 Å². The second kappa shape index (κ2) is 7.81. The molecule has 0 aliphatic heterocycles. The van der Waals surface area contributed by atoms with Crippen molar-refractivity contribution in [2.45, 2.75) is 9.46 Å². The monoisotopic (exact) mass is 340 g/mol. The van der Waals surface area contributed by atoms with Gasteiger partial charge >= 0.3 is 0 Å². The summed E-state index contributed by atoms with van der Waals surface area (Å²) in [7, 11) is -3.41. The number of thiophene rings is 1. The van der Waals surface area contributed by atoms with E-state index in [0.717, 1.165) is 0 Å². The lowest BCUT2D eigenvalue weighted by molar-refractivity contribution is 0.584. The zero-order valence-corrected chi connectivity index (χ0v) is 13.1. The van der Waals surface area contributed by atoms with Gasteiger partial charge in [-0.3, -0.25) is 4.98 Å². The van der Waals surface area contributed by atoms with Crippen LogP contribution in [0.25, 0.3) is 0 Å². The summed E-state index contributed by atoms with van der Waals surface area (Å²) in [6.45, 7) is 0.0475. The number of aromatic nitrogens is 1. The standard InChI is InChI=1S/C11H12N2O2S2.2ClH/c12-7-10(9-3-1-5-13-8-9)17(14,15)11-4-2-6-16-11;;/h1-6,8,10H,7,12H2;2*1H. The molecule has 0 aromatic carbocycles. The Kier molecular flexibility index (Phi) is 7.54. The largest absolute Gasteiger partial charge is 0.329 e. The topological polar surface area (TPSA) is 73.0 Å². The Morgan fingerprint density at radius 3 is 2.47 bits per heavy atom. The molecule has 19 heavy (non-hydrogen) atoms. The SMILES string of the molecule is Cl.Cl.NCC(c1cccnc1)S(=O)(=O)c1cccs1. The van der Waals surface area contributed by atoms with E-state index in [0.29, 0.717) is 9.77 Å². The van der Waals surface area contributed by atoms with Gasteiger partial charge in [0.15, 0.2) is 9.84 Å². The Bertz CT molecular complexity index is 574. The fourth-order valence-corrected chi connectivity index (χ4v) is 4.37. The summed E-state index contributed by atoms with van der Waals surface area (Å²) in [5, 5.41) is 1.01. The third-order valence-corrected chi connectivity index (χ3v) is 5.98. The first-order valence-electron chi connectivity index (χ1n) is 5.03. The van der Waals surface area contributed by atoms with Crippen molar-refractivity contribution in [3.8, 4) is 0 Å². The molecule has 2 N–H and O–H groups in total. The van der Waals surface area contributed by atoms with Crippen LogP contribution in [0.15, 0.2) is 46.2 Å². The lowest BCUT2D eigenvalue weighted by Gasteiger charge is -2.14. The molecule has 0 spiro atoms. The van der Waals surface area contributed by atoms with Crippen LogP contribution in [0.1, 0.15) is 10.8 Å². The van der Waals surface area contributed by atoms with Crippen molar-refractivity contribution in [3.05, 3.63) is 47.6 Å². The average molecular weight is 341 g/mol. The van der Waals surface area contributed by atoms with E-state index in [2.05, 4.69) is 4.98 Å². The van der Waals surface area contributed by atoms with Crippen LogP contribution in [-0.2, 0) is 9.84 Å². The van der Waals surface area contributed by atoms with Crippen LogP contribution in [0.4, 0.5) is 0 Å². The van der Waals surface area contributed by atoms with Gasteiger partial charge in [-0.25, -0.2) is 8.42 Å². The number of pyridine rings is 1. The molecule has 0 saturated heterocycles. The lowest BCUT2D eigenvalue weighted by Crippen LogP contribution is -2.21. The van der Waals surface area contributed by atoms with E-state index in [-0.39, 0.29) is 31.4 Å². The number of rotatable bonds is 4. The minimum Gasteiger partial charge on any atom is -0.329 e. The molecule has 8 heteroatoms. The molecule has 2 rings (SSSR count). The normalized spacial score (nSPS) is 12.1. The summed E-state index contributed by atoms with van der Waals surface area (Å²) in [5.74, 6) is 0. The van der Waals surface area contributed by atoms with Crippen LogP contribution in [0.3, 0.4) is 0 Å². The summed E-state index contributed by atoms with van der Waals surface area (Å²) in [4.78, 5) is 3.93. The predicted octanol–water partition coefficient (Wildman–Crippen LogP) is 2.46. The van der Waals surface area contributed by atoms with Crippen molar-refractivity contribution in [1.29, 1.82) is 0 Å². The van der Waals surface area contributed by atoms with Gasteiger partial charge in [0.05, 0.1) is 0 Å². The molecule has 2 heterocycles. The summed E-state index contributed by atoms with van der Waals surface area (Å²) < 4.78 is 25.0. The molecule has 0 fully saturated rings. The van der Waals surface area contributed by atoms with Crippen LogP contribution in [-0.4, -0.2) is 19.9 Å². The lowest BCUT2D eigenvalue weighted by atomic mass is 10.2. The molecule has 2 aromatic heterocycles. The Morgan fingerprint density at radius 2 is 2.00 bits per heavy atom. The molecule has 0 aliphatic carbocycles. The van der Waals surface area contributed by atoms with Gasteiger partial charge in [-0.05, 0) is 23.1 Å². The molecule has 106 valence electrons.